The van der Waals surface area contributed by atoms with E-state index in [9.17, 15) is 13.2 Å². The maximum Gasteiger partial charge on any atom is 0.322 e. The van der Waals surface area contributed by atoms with Crippen molar-refractivity contribution in [3.8, 4) is 23.0 Å². The minimum Gasteiger partial charge on any atom is -0.497 e. The molecular formula is C23H26N4O6S. The van der Waals surface area contributed by atoms with Crippen LogP contribution < -0.4 is 14.8 Å². The Kier molecular flexibility index (Phi) is 6.85. The van der Waals surface area contributed by atoms with Crippen LogP contribution in [0, 0.1) is 0 Å². The Labute approximate surface area is 197 Å². The van der Waals surface area contributed by atoms with Crippen LogP contribution in [0.4, 0.5) is 6.01 Å². The number of ether oxygens (including phenoxy) is 2. The van der Waals surface area contributed by atoms with Gasteiger partial charge in [0.1, 0.15) is 11.5 Å². The number of hydrogen-bond acceptors (Lipinski definition) is 8. The third-order valence-corrected chi connectivity index (χ3v) is 7.74. The van der Waals surface area contributed by atoms with E-state index >= 15 is 0 Å². The van der Waals surface area contributed by atoms with Crippen LogP contribution in [-0.2, 0) is 10.0 Å². The predicted octanol–water partition coefficient (Wildman–Crippen LogP) is 3.57. The number of rotatable bonds is 7. The summed E-state index contributed by atoms with van der Waals surface area (Å²) in [7, 11) is -0.552. The lowest BCUT2D eigenvalue weighted by Gasteiger charge is -2.32. The predicted molar refractivity (Wildman–Crippen MR) is 124 cm³/mol. The monoisotopic (exact) mass is 486 g/mol. The molecule has 4 rings (SSSR count). The molecule has 180 valence electrons. The highest BCUT2D eigenvalue weighted by molar-refractivity contribution is 7.89. The second-order valence-corrected chi connectivity index (χ2v) is 9.84. The Hall–Kier alpha value is -3.44. The lowest BCUT2D eigenvalue weighted by Crippen LogP contribution is -2.41. The van der Waals surface area contributed by atoms with Crippen molar-refractivity contribution in [2.75, 3.05) is 26.1 Å². The molecule has 1 atom stereocenters. The average Bonchev–Trinajstić information content (AvgIpc) is 3.32. The number of sulfonamides is 1. The van der Waals surface area contributed by atoms with Gasteiger partial charge in [-0.3, -0.25) is 10.1 Å². The molecule has 0 saturated carbocycles. The number of carbonyl (C=O) groups is 1. The third-order valence-electron chi connectivity index (χ3n) is 5.71. The number of piperidine rings is 1. The zero-order chi connectivity index (χ0) is 24.3. The molecule has 1 aromatic heterocycles. The summed E-state index contributed by atoms with van der Waals surface area (Å²) in [6.45, 7) is 2.42. The average molecular weight is 487 g/mol. The molecule has 0 unspecified atom stereocenters. The van der Waals surface area contributed by atoms with E-state index in [2.05, 4.69) is 15.5 Å². The smallest absolute Gasteiger partial charge is 0.322 e. The van der Waals surface area contributed by atoms with Crippen molar-refractivity contribution < 1.29 is 27.1 Å². The lowest BCUT2D eigenvalue weighted by atomic mass is 10.1. The Morgan fingerprint density at radius 3 is 2.35 bits per heavy atom. The molecule has 0 aliphatic carbocycles. The molecule has 34 heavy (non-hydrogen) atoms. The van der Waals surface area contributed by atoms with Crippen LogP contribution in [0.2, 0.25) is 0 Å². The highest BCUT2D eigenvalue weighted by Crippen LogP contribution is 2.30. The third kappa shape index (κ3) is 4.90. The van der Waals surface area contributed by atoms with E-state index in [1.165, 1.54) is 42.8 Å². The fourth-order valence-corrected chi connectivity index (χ4v) is 5.53. The van der Waals surface area contributed by atoms with Crippen LogP contribution in [0.1, 0.15) is 36.5 Å². The fourth-order valence-electron chi connectivity index (χ4n) is 3.83. The Morgan fingerprint density at radius 2 is 1.74 bits per heavy atom. The highest BCUT2D eigenvalue weighted by Gasteiger charge is 2.31. The number of benzene rings is 2. The van der Waals surface area contributed by atoms with Crippen molar-refractivity contribution >= 4 is 21.9 Å². The van der Waals surface area contributed by atoms with Crippen LogP contribution in [0.3, 0.4) is 0 Å². The summed E-state index contributed by atoms with van der Waals surface area (Å²) >= 11 is 0. The largest absolute Gasteiger partial charge is 0.497 e. The summed E-state index contributed by atoms with van der Waals surface area (Å²) in [5, 5.41) is 10.4. The Bertz CT molecular complexity index is 1250. The number of hydrogen-bond donors (Lipinski definition) is 1. The summed E-state index contributed by atoms with van der Waals surface area (Å²) in [5.74, 6) is 0.762. The van der Waals surface area contributed by atoms with Crippen LogP contribution >= 0.6 is 0 Å². The van der Waals surface area contributed by atoms with E-state index in [-0.39, 0.29) is 28.4 Å². The van der Waals surface area contributed by atoms with Gasteiger partial charge >= 0.3 is 6.01 Å². The molecule has 0 radical (unpaired) electrons. The van der Waals surface area contributed by atoms with Gasteiger partial charge in [-0.2, -0.15) is 4.31 Å². The van der Waals surface area contributed by atoms with Crippen molar-refractivity contribution in [3.05, 3.63) is 48.0 Å². The zero-order valence-electron chi connectivity index (χ0n) is 19.1. The molecule has 0 spiro atoms. The normalized spacial score (nSPS) is 16.7. The molecular weight excluding hydrogens is 460 g/mol. The number of methoxy groups -OCH3 is 2. The van der Waals surface area contributed by atoms with Gasteiger partial charge in [0.25, 0.3) is 5.91 Å². The first-order valence-electron chi connectivity index (χ1n) is 10.8. The minimum atomic E-state index is -3.61. The van der Waals surface area contributed by atoms with E-state index in [0.29, 0.717) is 23.6 Å². The number of nitrogens with zero attached hydrogens (tertiary/aromatic N) is 3. The number of nitrogens with one attached hydrogen (secondary N) is 1. The van der Waals surface area contributed by atoms with Gasteiger partial charge in [0.15, 0.2) is 0 Å². The first-order valence-corrected chi connectivity index (χ1v) is 12.3. The lowest BCUT2D eigenvalue weighted by molar-refractivity contribution is 0.102. The van der Waals surface area contributed by atoms with Crippen LogP contribution in [0.15, 0.2) is 51.8 Å². The molecule has 10 nitrogen and oxygen atoms in total. The summed E-state index contributed by atoms with van der Waals surface area (Å²) in [4.78, 5) is 12.8. The molecule has 1 amide bonds. The first kappa shape index (κ1) is 23.7. The second-order valence-electron chi connectivity index (χ2n) is 7.95. The summed E-state index contributed by atoms with van der Waals surface area (Å²) < 4.78 is 43.5. The quantitative estimate of drug-likeness (QED) is 0.538. The maximum atomic E-state index is 13.0. The van der Waals surface area contributed by atoms with Crippen molar-refractivity contribution in [1.29, 1.82) is 0 Å². The zero-order valence-corrected chi connectivity index (χ0v) is 20.0. The van der Waals surface area contributed by atoms with Gasteiger partial charge in [-0.05, 0) is 56.2 Å². The highest BCUT2D eigenvalue weighted by atomic mass is 32.2. The molecule has 1 N–H and O–H groups in total. The van der Waals surface area contributed by atoms with Gasteiger partial charge in [-0.15, -0.1) is 5.10 Å². The Balaban J connectivity index is 1.47. The molecule has 3 aromatic rings. The molecule has 1 aliphatic heterocycles. The van der Waals surface area contributed by atoms with Gasteiger partial charge in [0, 0.05) is 29.8 Å². The molecule has 2 heterocycles. The fraction of sp³-hybridized carbons (Fsp3) is 0.348. The number of amides is 1. The van der Waals surface area contributed by atoms with Crippen molar-refractivity contribution in [2.45, 2.75) is 37.1 Å². The van der Waals surface area contributed by atoms with Gasteiger partial charge in [-0.1, -0.05) is 11.5 Å². The van der Waals surface area contributed by atoms with Gasteiger partial charge in [0.2, 0.25) is 15.9 Å². The number of aromatic nitrogens is 2. The van der Waals surface area contributed by atoms with Crippen molar-refractivity contribution in [2.24, 2.45) is 0 Å². The Morgan fingerprint density at radius 1 is 1.06 bits per heavy atom. The van der Waals surface area contributed by atoms with Crippen LogP contribution in [0.5, 0.6) is 11.5 Å². The number of carbonyl (C=O) groups excluding carboxylic acids is 1. The molecule has 1 saturated heterocycles. The van der Waals surface area contributed by atoms with E-state index in [4.69, 9.17) is 13.9 Å². The topological polar surface area (TPSA) is 124 Å². The standard InChI is InChI=1S/C23H26N4O6S/c1-15-6-4-5-11-27(15)34(29,30)20-9-7-16(8-10-20)21(28)24-23-26-25-22(33-23)17-12-18(31-2)14-19(13-17)32-3/h7-10,12-15H,4-6,11H2,1-3H3,(H,24,26,28)/t15-/m0/s1. The van der Waals surface area contributed by atoms with Gasteiger partial charge in [-0.25, -0.2) is 8.42 Å². The summed E-state index contributed by atoms with van der Waals surface area (Å²) in [5.41, 5.74) is 0.819. The first-order chi connectivity index (χ1) is 16.3. The summed E-state index contributed by atoms with van der Waals surface area (Å²) in [6, 6.07) is 10.8. The van der Waals surface area contributed by atoms with Gasteiger partial charge in [0.05, 0.1) is 19.1 Å². The maximum absolute atomic E-state index is 13.0. The minimum absolute atomic E-state index is 0.0435. The molecule has 11 heteroatoms. The van der Waals surface area contributed by atoms with Gasteiger partial charge < -0.3 is 13.9 Å². The molecule has 2 aromatic carbocycles. The number of anilines is 1. The van der Waals surface area contributed by atoms with E-state index in [1.807, 2.05) is 6.92 Å². The molecule has 1 fully saturated rings. The van der Waals surface area contributed by atoms with E-state index in [1.54, 1.807) is 18.2 Å². The SMILES string of the molecule is COc1cc(OC)cc(-c2nnc(NC(=O)c3ccc(S(=O)(=O)N4CCCC[C@@H]4C)cc3)o2)c1. The van der Waals surface area contributed by atoms with Crippen LogP contribution in [-0.4, -0.2) is 55.6 Å². The van der Waals surface area contributed by atoms with E-state index in [0.717, 1.165) is 19.3 Å². The summed E-state index contributed by atoms with van der Waals surface area (Å²) in [6.07, 6.45) is 2.71. The van der Waals surface area contributed by atoms with Crippen molar-refractivity contribution in [1.82, 2.24) is 14.5 Å². The van der Waals surface area contributed by atoms with Crippen molar-refractivity contribution in [3.63, 3.8) is 0 Å². The van der Waals surface area contributed by atoms with Crippen LogP contribution in [0.25, 0.3) is 11.5 Å². The second kappa shape index (κ2) is 9.82. The molecule has 0 bridgehead atoms. The molecule has 1 aliphatic rings. The van der Waals surface area contributed by atoms with E-state index < -0.39 is 15.9 Å².